The molecular weight excluding hydrogens is 446 g/mol. The molecule has 7 heteroatoms. The molecule has 1 aliphatic rings. The summed E-state index contributed by atoms with van der Waals surface area (Å²) >= 11 is 1.57. The van der Waals surface area contributed by atoms with Gasteiger partial charge in [-0.05, 0) is 62.4 Å². The molecule has 3 aromatic heterocycles. The Hall–Kier alpha value is -3.71. The fourth-order valence-electron chi connectivity index (χ4n) is 4.54. The first-order chi connectivity index (χ1) is 16.7. The van der Waals surface area contributed by atoms with Crippen molar-refractivity contribution in [2.75, 3.05) is 6.61 Å². The van der Waals surface area contributed by atoms with E-state index < -0.39 is 0 Å². The SMILES string of the molecule is CCOC(=O)c1c(N=c2oc3ccccc3cc2-c2nc3ccccc3[nH]2)sc2c1CCCC2. The van der Waals surface area contributed by atoms with Crippen LogP contribution in [0.1, 0.15) is 40.6 Å². The number of carbonyl (C=O) groups is 1. The zero-order valence-electron chi connectivity index (χ0n) is 18.8. The number of imidazole rings is 1. The number of aromatic nitrogens is 2. The van der Waals surface area contributed by atoms with Crippen molar-refractivity contribution in [2.24, 2.45) is 4.99 Å². The van der Waals surface area contributed by atoms with Gasteiger partial charge in [0.15, 0.2) is 0 Å². The molecule has 3 heterocycles. The molecule has 6 rings (SSSR count). The van der Waals surface area contributed by atoms with Crippen LogP contribution in [-0.2, 0) is 17.6 Å². The van der Waals surface area contributed by atoms with Crippen molar-refractivity contribution in [2.45, 2.75) is 32.6 Å². The van der Waals surface area contributed by atoms with Crippen LogP contribution in [0.25, 0.3) is 33.4 Å². The maximum atomic E-state index is 12.9. The Balaban J connectivity index is 1.61. The molecule has 0 radical (unpaired) electrons. The van der Waals surface area contributed by atoms with Crippen LogP contribution >= 0.6 is 11.3 Å². The van der Waals surface area contributed by atoms with E-state index >= 15 is 0 Å². The van der Waals surface area contributed by atoms with E-state index in [0.29, 0.717) is 28.5 Å². The van der Waals surface area contributed by atoms with Gasteiger partial charge in [0.2, 0.25) is 5.55 Å². The van der Waals surface area contributed by atoms with Crippen LogP contribution in [0.3, 0.4) is 0 Å². The molecule has 1 N–H and O–H groups in total. The highest BCUT2D eigenvalue weighted by atomic mass is 32.1. The van der Waals surface area contributed by atoms with Gasteiger partial charge in [-0.3, -0.25) is 0 Å². The highest BCUT2D eigenvalue weighted by molar-refractivity contribution is 7.16. The first-order valence-electron chi connectivity index (χ1n) is 11.6. The van der Waals surface area contributed by atoms with Gasteiger partial charge in [0.25, 0.3) is 0 Å². The molecule has 1 aliphatic carbocycles. The first kappa shape index (κ1) is 20.9. The molecule has 0 amide bonds. The van der Waals surface area contributed by atoms with Gasteiger partial charge in [-0.25, -0.2) is 14.8 Å². The first-order valence-corrected chi connectivity index (χ1v) is 12.4. The van der Waals surface area contributed by atoms with E-state index in [9.17, 15) is 4.79 Å². The molecule has 0 saturated heterocycles. The Labute approximate surface area is 200 Å². The summed E-state index contributed by atoms with van der Waals surface area (Å²) in [5.74, 6) is 0.361. The van der Waals surface area contributed by atoms with Crippen LogP contribution in [0.15, 0.2) is 64.0 Å². The molecule has 34 heavy (non-hydrogen) atoms. The van der Waals surface area contributed by atoms with Crippen LogP contribution in [0.5, 0.6) is 0 Å². The summed E-state index contributed by atoms with van der Waals surface area (Å²) in [5, 5.41) is 1.59. The van der Waals surface area contributed by atoms with Crippen molar-refractivity contribution >= 4 is 44.3 Å². The smallest absolute Gasteiger partial charge is 0.341 e. The van der Waals surface area contributed by atoms with Crippen LogP contribution < -0.4 is 5.55 Å². The molecule has 0 fully saturated rings. The minimum Gasteiger partial charge on any atom is -0.462 e. The van der Waals surface area contributed by atoms with Crippen molar-refractivity contribution in [1.82, 2.24) is 9.97 Å². The molecule has 5 aromatic rings. The number of aryl methyl sites for hydroxylation is 1. The van der Waals surface area contributed by atoms with Gasteiger partial charge in [-0.15, -0.1) is 11.3 Å². The second kappa shape index (κ2) is 8.57. The Kier molecular flexibility index (Phi) is 5.26. The Morgan fingerprint density at radius 2 is 1.97 bits per heavy atom. The third-order valence-corrected chi connectivity index (χ3v) is 7.32. The number of hydrogen-bond acceptors (Lipinski definition) is 6. The normalized spacial score (nSPS) is 14.0. The molecule has 0 saturated carbocycles. The number of ether oxygens (including phenoxy) is 1. The van der Waals surface area contributed by atoms with Gasteiger partial charge in [-0.2, -0.15) is 0 Å². The van der Waals surface area contributed by atoms with Crippen molar-refractivity contribution in [1.29, 1.82) is 0 Å². The second-order valence-corrected chi connectivity index (χ2v) is 9.41. The number of nitrogens with zero attached hydrogens (tertiary/aromatic N) is 2. The Morgan fingerprint density at radius 3 is 2.85 bits per heavy atom. The number of para-hydroxylation sites is 3. The highest BCUT2D eigenvalue weighted by Crippen LogP contribution is 2.40. The van der Waals surface area contributed by atoms with E-state index in [4.69, 9.17) is 19.1 Å². The van der Waals surface area contributed by atoms with Gasteiger partial charge in [-0.1, -0.05) is 30.3 Å². The number of benzene rings is 2. The van der Waals surface area contributed by atoms with E-state index in [0.717, 1.165) is 58.8 Å². The zero-order chi connectivity index (χ0) is 23.1. The lowest BCUT2D eigenvalue weighted by Gasteiger charge is -2.11. The maximum absolute atomic E-state index is 12.9. The van der Waals surface area contributed by atoms with E-state index in [1.165, 1.54) is 4.88 Å². The lowest BCUT2D eigenvalue weighted by Crippen LogP contribution is -2.10. The molecule has 6 nitrogen and oxygen atoms in total. The van der Waals surface area contributed by atoms with Crippen LogP contribution in [0.2, 0.25) is 0 Å². The average molecular weight is 470 g/mol. The Bertz CT molecular complexity index is 1580. The second-order valence-electron chi connectivity index (χ2n) is 8.33. The van der Waals surface area contributed by atoms with Crippen LogP contribution in [0.4, 0.5) is 5.00 Å². The highest BCUT2D eigenvalue weighted by Gasteiger charge is 2.26. The largest absolute Gasteiger partial charge is 0.462 e. The lowest BCUT2D eigenvalue weighted by atomic mass is 9.95. The summed E-state index contributed by atoms with van der Waals surface area (Å²) in [4.78, 5) is 27.3. The molecule has 2 aromatic carbocycles. The van der Waals surface area contributed by atoms with Crippen LogP contribution in [0, 0.1) is 0 Å². The molecule has 0 unspecified atom stereocenters. The number of H-pyrrole nitrogens is 1. The monoisotopic (exact) mass is 469 g/mol. The molecule has 0 bridgehead atoms. The summed E-state index contributed by atoms with van der Waals surface area (Å²) in [6, 6.07) is 17.8. The topological polar surface area (TPSA) is 80.5 Å². The summed E-state index contributed by atoms with van der Waals surface area (Å²) < 4.78 is 11.7. The van der Waals surface area contributed by atoms with E-state index in [2.05, 4.69) is 4.98 Å². The van der Waals surface area contributed by atoms with Crippen molar-refractivity contribution in [3.8, 4) is 11.4 Å². The van der Waals surface area contributed by atoms with Gasteiger partial charge < -0.3 is 14.1 Å². The fourth-order valence-corrected chi connectivity index (χ4v) is 5.78. The number of rotatable bonds is 4. The summed E-state index contributed by atoms with van der Waals surface area (Å²) in [6.07, 6.45) is 4.04. The predicted molar refractivity (Wildman–Crippen MR) is 133 cm³/mol. The van der Waals surface area contributed by atoms with Crippen molar-refractivity contribution in [3.63, 3.8) is 0 Å². The number of hydrogen-bond donors (Lipinski definition) is 1. The molecule has 170 valence electrons. The zero-order valence-corrected chi connectivity index (χ0v) is 19.6. The molecule has 0 aliphatic heterocycles. The van der Waals surface area contributed by atoms with E-state index in [1.54, 1.807) is 11.3 Å². The molecular formula is C27H23N3O3S. The van der Waals surface area contributed by atoms with Gasteiger partial charge >= 0.3 is 5.97 Å². The number of aromatic amines is 1. The summed E-state index contributed by atoms with van der Waals surface area (Å²) in [6.45, 7) is 2.15. The number of thiophene rings is 1. The van der Waals surface area contributed by atoms with Gasteiger partial charge in [0.1, 0.15) is 16.4 Å². The minimum atomic E-state index is -0.313. The van der Waals surface area contributed by atoms with E-state index in [1.807, 2.05) is 61.5 Å². The van der Waals surface area contributed by atoms with Crippen molar-refractivity contribution < 1.29 is 13.9 Å². The summed E-state index contributed by atoms with van der Waals surface area (Å²) in [7, 11) is 0. The Morgan fingerprint density at radius 1 is 1.15 bits per heavy atom. The third kappa shape index (κ3) is 3.62. The lowest BCUT2D eigenvalue weighted by molar-refractivity contribution is 0.0526. The average Bonchev–Trinajstić information content (AvgIpc) is 3.45. The number of fused-ring (bicyclic) bond motifs is 3. The van der Waals surface area contributed by atoms with Gasteiger partial charge in [0, 0.05) is 10.3 Å². The molecule has 0 spiro atoms. The maximum Gasteiger partial charge on any atom is 0.341 e. The third-order valence-electron chi connectivity index (χ3n) is 6.14. The number of esters is 1. The molecule has 0 atom stereocenters. The standard InChI is InChI=1S/C27H23N3O3S/c1-2-32-27(31)23-17-10-4-8-14-22(17)34-26(23)30-25-18(15-16-9-3-7-13-21(16)33-25)24-28-19-11-5-6-12-20(19)29-24/h3,5-7,9,11-13,15H,2,4,8,10,14H2,1H3,(H,28,29). The predicted octanol–water partition coefficient (Wildman–Crippen LogP) is 6.33. The fraction of sp³-hybridized carbons (Fsp3) is 0.222. The summed E-state index contributed by atoms with van der Waals surface area (Å²) in [5.41, 5.74) is 5.36. The number of nitrogens with one attached hydrogen (secondary N) is 1. The minimum absolute atomic E-state index is 0.313. The van der Waals surface area contributed by atoms with Gasteiger partial charge in [0.05, 0.1) is 28.8 Å². The number of carbonyl (C=O) groups excluding carboxylic acids is 1. The van der Waals surface area contributed by atoms with Crippen molar-refractivity contribution in [3.05, 3.63) is 76.2 Å². The van der Waals surface area contributed by atoms with Crippen LogP contribution in [-0.4, -0.2) is 22.5 Å². The van der Waals surface area contributed by atoms with E-state index in [-0.39, 0.29) is 5.97 Å². The quantitative estimate of drug-likeness (QED) is 0.312.